The Morgan fingerprint density at radius 2 is 2.09 bits per heavy atom. The van der Waals surface area contributed by atoms with Gasteiger partial charge in [0, 0.05) is 55.6 Å². The number of fused-ring (bicyclic) bond motifs is 1. The molecule has 1 atom stereocenters. The molecule has 1 fully saturated rings. The fourth-order valence-corrected chi connectivity index (χ4v) is 4.48. The van der Waals surface area contributed by atoms with Gasteiger partial charge in [-0.25, -0.2) is 13.7 Å². The van der Waals surface area contributed by atoms with Crippen molar-refractivity contribution in [2.75, 3.05) is 18.0 Å². The van der Waals surface area contributed by atoms with Crippen LogP contribution in [0.25, 0.3) is 5.52 Å². The molecule has 1 unspecified atom stereocenters. The largest absolute Gasteiger partial charge is 0.444 e. The van der Waals surface area contributed by atoms with Crippen LogP contribution in [0.15, 0.2) is 35.4 Å². The van der Waals surface area contributed by atoms with Crippen LogP contribution in [0.4, 0.5) is 15.0 Å². The zero-order valence-corrected chi connectivity index (χ0v) is 20.5. The lowest BCUT2D eigenvalue weighted by Crippen LogP contribution is -2.42. The van der Waals surface area contributed by atoms with Crippen molar-refractivity contribution in [2.24, 2.45) is 7.05 Å². The number of alkyl carbamates (subject to hydrolysis) is 1. The first-order chi connectivity index (χ1) is 16.0. The number of aryl methyl sites for hydroxylation is 1. The van der Waals surface area contributed by atoms with E-state index in [9.17, 15) is 14.0 Å². The van der Waals surface area contributed by atoms with E-state index < -0.39 is 17.5 Å². The van der Waals surface area contributed by atoms with Gasteiger partial charge in [0.2, 0.25) is 0 Å². The van der Waals surface area contributed by atoms with Gasteiger partial charge in [-0.2, -0.15) is 0 Å². The number of nitrogens with zero attached hydrogens (tertiary/aromatic N) is 4. The zero-order chi connectivity index (χ0) is 24.6. The van der Waals surface area contributed by atoms with E-state index in [0.717, 1.165) is 19.4 Å². The number of nitrogens with one attached hydrogen (secondary N) is 1. The van der Waals surface area contributed by atoms with Gasteiger partial charge in [-0.15, -0.1) is 5.10 Å². The summed E-state index contributed by atoms with van der Waals surface area (Å²) in [6.07, 6.45) is 4.90. The minimum Gasteiger partial charge on any atom is -0.444 e. The number of hydrogen-bond donors (Lipinski definition) is 1. The average Bonchev–Trinajstić information content (AvgIpc) is 3.35. The number of anilines is 1. The van der Waals surface area contributed by atoms with E-state index in [-0.39, 0.29) is 18.0 Å². The van der Waals surface area contributed by atoms with Crippen molar-refractivity contribution in [2.45, 2.75) is 51.7 Å². The number of ether oxygens (including phenoxy) is 1. The predicted octanol–water partition coefficient (Wildman–Crippen LogP) is 3.91. The van der Waals surface area contributed by atoms with Crippen LogP contribution in [-0.4, -0.2) is 45.0 Å². The highest BCUT2D eigenvalue weighted by atomic mass is 35.5. The van der Waals surface area contributed by atoms with Crippen molar-refractivity contribution < 1.29 is 13.9 Å². The SMILES string of the molecule is Cn1ccn2nc(N3CCCC3CNC(=O)OC(C)(C)C)c(Cc3cc(F)ccc3Cl)c2c1=O. The van der Waals surface area contributed by atoms with E-state index >= 15 is 0 Å². The third-order valence-electron chi connectivity index (χ3n) is 5.85. The van der Waals surface area contributed by atoms with Crippen LogP contribution in [0.5, 0.6) is 0 Å². The Morgan fingerprint density at radius 1 is 1.32 bits per heavy atom. The lowest BCUT2D eigenvalue weighted by atomic mass is 10.0. The fourth-order valence-electron chi connectivity index (χ4n) is 4.29. The molecular weight excluding hydrogens is 461 g/mol. The Balaban J connectivity index is 1.71. The van der Waals surface area contributed by atoms with Crippen molar-refractivity contribution in [3.63, 3.8) is 0 Å². The zero-order valence-electron chi connectivity index (χ0n) is 19.8. The summed E-state index contributed by atoms with van der Waals surface area (Å²) in [6, 6.07) is 4.18. The van der Waals surface area contributed by atoms with Crippen molar-refractivity contribution in [1.29, 1.82) is 0 Å². The maximum absolute atomic E-state index is 14.0. The number of carbonyl (C=O) groups is 1. The fraction of sp³-hybridized carbons (Fsp3) is 0.458. The third-order valence-corrected chi connectivity index (χ3v) is 6.22. The molecule has 1 aliphatic rings. The summed E-state index contributed by atoms with van der Waals surface area (Å²) in [5.41, 5.74) is 0.889. The van der Waals surface area contributed by atoms with Gasteiger partial charge < -0.3 is 19.5 Å². The molecule has 0 radical (unpaired) electrons. The molecule has 3 aromatic rings. The third kappa shape index (κ3) is 5.04. The van der Waals surface area contributed by atoms with Crippen molar-refractivity contribution >= 4 is 29.0 Å². The number of halogens is 2. The summed E-state index contributed by atoms with van der Waals surface area (Å²) in [6.45, 7) is 6.54. The topological polar surface area (TPSA) is 80.9 Å². The Bertz CT molecular complexity index is 1280. The molecular formula is C24H29ClFN5O3. The summed E-state index contributed by atoms with van der Waals surface area (Å²) in [4.78, 5) is 27.3. The van der Waals surface area contributed by atoms with Crippen molar-refractivity contribution in [3.05, 3.63) is 62.9 Å². The highest BCUT2D eigenvalue weighted by Gasteiger charge is 2.31. The number of hydrogen-bond acceptors (Lipinski definition) is 5. The van der Waals surface area contributed by atoms with Crippen LogP contribution in [-0.2, 0) is 18.2 Å². The summed E-state index contributed by atoms with van der Waals surface area (Å²) in [5, 5.41) is 8.00. The van der Waals surface area contributed by atoms with Gasteiger partial charge in [0.15, 0.2) is 5.82 Å². The molecule has 4 rings (SSSR count). The predicted molar refractivity (Wildman–Crippen MR) is 129 cm³/mol. The van der Waals surface area contributed by atoms with Crippen LogP contribution < -0.4 is 15.8 Å². The van der Waals surface area contributed by atoms with Gasteiger partial charge in [-0.05, 0) is 57.4 Å². The van der Waals surface area contributed by atoms with E-state index in [2.05, 4.69) is 10.2 Å². The monoisotopic (exact) mass is 489 g/mol. The van der Waals surface area contributed by atoms with Gasteiger partial charge in [0.1, 0.15) is 16.9 Å². The second-order valence-corrected chi connectivity index (χ2v) is 10.0. The highest BCUT2D eigenvalue weighted by Crippen LogP contribution is 2.32. The van der Waals surface area contributed by atoms with Gasteiger partial charge in [0.25, 0.3) is 5.56 Å². The van der Waals surface area contributed by atoms with E-state index in [1.54, 1.807) is 24.0 Å². The molecule has 1 aromatic carbocycles. The number of benzene rings is 1. The Hall–Kier alpha value is -3.07. The minimum atomic E-state index is -0.585. The Morgan fingerprint density at radius 3 is 2.82 bits per heavy atom. The standard InChI is InChI=1S/C24H29ClFN5O3/c1-24(2,3)34-23(33)27-14-17-6-5-9-30(17)21-18(13-15-12-16(26)7-8-19(15)25)20-22(32)29(4)10-11-31(20)28-21/h7-8,10-12,17H,5-6,9,13-14H2,1-4H3,(H,27,33). The van der Waals surface area contributed by atoms with Gasteiger partial charge in [-0.3, -0.25) is 4.79 Å². The van der Waals surface area contributed by atoms with E-state index in [0.29, 0.717) is 34.0 Å². The maximum atomic E-state index is 14.0. The molecule has 34 heavy (non-hydrogen) atoms. The maximum Gasteiger partial charge on any atom is 0.407 e. The van der Waals surface area contributed by atoms with Crippen LogP contribution in [0.2, 0.25) is 5.02 Å². The molecule has 1 saturated heterocycles. The lowest BCUT2D eigenvalue weighted by Gasteiger charge is -2.27. The lowest BCUT2D eigenvalue weighted by molar-refractivity contribution is 0.0525. The van der Waals surface area contributed by atoms with Gasteiger partial charge >= 0.3 is 6.09 Å². The van der Waals surface area contributed by atoms with E-state index in [1.165, 1.54) is 22.8 Å². The summed E-state index contributed by atoms with van der Waals surface area (Å²) in [5.74, 6) is 0.239. The van der Waals surface area contributed by atoms with Gasteiger partial charge in [0.05, 0.1) is 0 Å². The summed E-state index contributed by atoms with van der Waals surface area (Å²) in [7, 11) is 1.68. The van der Waals surface area contributed by atoms with E-state index in [4.69, 9.17) is 21.4 Å². The molecule has 0 aliphatic carbocycles. The molecule has 0 saturated carbocycles. The molecule has 182 valence electrons. The molecule has 0 spiro atoms. The number of aromatic nitrogens is 3. The van der Waals surface area contributed by atoms with Crippen LogP contribution in [0.1, 0.15) is 44.7 Å². The van der Waals surface area contributed by atoms with Gasteiger partial charge in [-0.1, -0.05) is 11.6 Å². The van der Waals surface area contributed by atoms with Crippen molar-refractivity contribution in [3.8, 4) is 0 Å². The molecule has 1 aliphatic heterocycles. The summed E-state index contributed by atoms with van der Waals surface area (Å²) >= 11 is 6.36. The van der Waals surface area contributed by atoms with Crippen LogP contribution in [0, 0.1) is 5.82 Å². The second kappa shape index (κ2) is 9.29. The molecule has 10 heteroatoms. The first-order valence-corrected chi connectivity index (χ1v) is 11.7. The second-order valence-electron chi connectivity index (χ2n) is 9.59. The first-order valence-electron chi connectivity index (χ1n) is 11.3. The smallest absolute Gasteiger partial charge is 0.407 e. The first kappa shape index (κ1) is 24.1. The molecule has 1 amide bonds. The number of rotatable bonds is 5. The highest BCUT2D eigenvalue weighted by molar-refractivity contribution is 6.31. The Kier molecular flexibility index (Phi) is 6.58. The van der Waals surface area contributed by atoms with E-state index in [1.807, 2.05) is 20.8 Å². The average molecular weight is 490 g/mol. The molecule has 3 heterocycles. The normalized spacial score (nSPS) is 16.3. The number of amides is 1. The van der Waals surface area contributed by atoms with Crippen molar-refractivity contribution in [1.82, 2.24) is 19.5 Å². The summed E-state index contributed by atoms with van der Waals surface area (Å²) < 4.78 is 22.4. The molecule has 2 aromatic heterocycles. The van der Waals surface area contributed by atoms with Crippen LogP contribution >= 0.6 is 11.6 Å². The molecule has 1 N–H and O–H groups in total. The number of carbonyl (C=O) groups excluding carboxylic acids is 1. The quantitative estimate of drug-likeness (QED) is 0.587. The minimum absolute atomic E-state index is 0.0250. The molecule has 0 bridgehead atoms. The Labute approximate surface area is 202 Å². The van der Waals surface area contributed by atoms with Crippen LogP contribution in [0.3, 0.4) is 0 Å². The molecule has 8 nitrogen and oxygen atoms in total.